The van der Waals surface area contributed by atoms with Crippen LogP contribution >= 0.6 is 0 Å². The zero-order chi connectivity index (χ0) is 23.9. The van der Waals surface area contributed by atoms with Gasteiger partial charge < -0.3 is 19.5 Å². The number of carbonyl (C=O) groups is 3. The number of likely N-dealkylation sites (tertiary alicyclic amines) is 2. The molecule has 9 heteroatoms. The molecular formula is C25H31N5O4. The zero-order valence-electron chi connectivity index (χ0n) is 19.5. The average Bonchev–Trinajstić information content (AvgIpc) is 3.52. The minimum atomic E-state index is -0.696. The molecule has 1 atom stereocenters. The van der Waals surface area contributed by atoms with Gasteiger partial charge in [-0.1, -0.05) is 12.1 Å². The second-order valence-electron chi connectivity index (χ2n) is 8.76. The fourth-order valence-corrected chi connectivity index (χ4v) is 4.28. The lowest BCUT2D eigenvalue weighted by Crippen LogP contribution is -2.45. The summed E-state index contributed by atoms with van der Waals surface area (Å²) < 4.78 is 5.19. The number of furan rings is 1. The van der Waals surface area contributed by atoms with E-state index in [1.54, 1.807) is 17.0 Å². The van der Waals surface area contributed by atoms with Crippen LogP contribution in [0.3, 0.4) is 0 Å². The fraction of sp³-hybridized carbons (Fsp3) is 0.440. The van der Waals surface area contributed by atoms with E-state index < -0.39 is 11.9 Å². The molecule has 34 heavy (non-hydrogen) atoms. The highest BCUT2D eigenvalue weighted by Crippen LogP contribution is 2.17. The van der Waals surface area contributed by atoms with Gasteiger partial charge in [-0.3, -0.25) is 19.7 Å². The van der Waals surface area contributed by atoms with Crippen molar-refractivity contribution in [3.8, 4) is 0 Å². The van der Waals surface area contributed by atoms with Crippen LogP contribution in [0.5, 0.6) is 0 Å². The summed E-state index contributed by atoms with van der Waals surface area (Å²) in [4.78, 5) is 46.7. The van der Waals surface area contributed by atoms with Crippen LogP contribution < -0.4 is 10.6 Å². The molecule has 3 amide bonds. The fourth-order valence-electron chi connectivity index (χ4n) is 4.28. The molecule has 180 valence electrons. The third kappa shape index (κ3) is 6.03. The maximum Gasteiger partial charge on any atom is 0.293 e. The van der Waals surface area contributed by atoms with Crippen LogP contribution in [0, 0.1) is 6.92 Å². The standard InChI is InChI=1S/C25H31N5O4/c1-18-8-6-9-19(16-18)26-25(28-23(32)21-11-7-15-34-21)27-20-10-2-3-14-30(24(20)33)17-22(31)29-12-4-5-13-29/h6-9,11,15-16,20H,2-5,10,12-14,17H2,1H3,(H2,26,27,28,32)/t20-/m0/s1. The number of nitrogens with one attached hydrogen (secondary N) is 2. The van der Waals surface area contributed by atoms with E-state index in [-0.39, 0.29) is 30.1 Å². The molecule has 3 heterocycles. The van der Waals surface area contributed by atoms with Crippen molar-refractivity contribution in [1.82, 2.24) is 15.1 Å². The van der Waals surface area contributed by atoms with Gasteiger partial charge in [0.2, 0.25) is 17.8 Å². The Kier molecular flexibility index (Phi) is 7.61. The van der Waals surface area contributed by atoms with Crippen LogP contribution in [0.15, 0.2) is 52.1 Å². The van der Waals surface area contributed by atoms with Crippen molar-refractivity contribution in [2.75, 3.05) is 31.5 Å². The van der Waals surface area contributed by atoms with Crippen LogP contribution in [0.1, 0.15) is 48.2 Å². The van der Waals surface area contributed by atoms with Crippen molar-refractivity contribution in [2.45, 2.75) is 45.1 Å². The molecule has 0 bridgehead atoms. The average molecular weight is 466 g/mol. The minimum Gasteiger partial charge on any atom is -0.459 e. The summed E-state index contributed by atoms with van der Waals surface area (Å²) in [5.41, 5.74) is 1.78. The molecule has 0 saturated carbocycles. The van der Waals surface area contributed by atoms with Gasteiger partial charge in [-0.15, -0.1) is 0 Å². The summed E-state index contributed by atoms with van der Waals surface area (Å²) in [7, 11) is 0. The topological polar surface area (TPSA) is 107 Å². The van der Waals surface area contributed by atoms with Crippen LogP contribution in [0.2, 0.25) is 0 Å². The number of rotatable bonds is 5. The third-order valence-corrected chi connectivity index (χ3v) is 6.08. The number of benzene rings is 1. The lowest BCUT2D eigenvalue weighted by molar-refractivity contribution is -0.140. The summed E-state index contributed by atoms with van der Waals surface area (Å²) in [5.74, 6) is -0.367. The number of guanidine groups is 1. The van der Waals surface area contributed by atoms with E-state index in [4.69, 9.17) is 4.42 Å². The quantitative estimate of drug-likeness (QED) is 0.522. The van der Waals surface area contributed by atoms with Gasteiger partial charge in [0.25, 0.3) is 5.91 Å². The molecule has 2 aliphatic heterocycles. The van der Waals surface area contributed by atoms with Gasteiger partial charge in [0.15, 0.2) is 5.76 Å². The van der Waals surface area contributed by atoms with E-state index in [2.05, 4.69) is 15.6 Å². The number of hydrogen-bond donors (Lipinski definition) is 2. The highest BCUT2D eigenvalue weighted by atomic mass is 16.3. The van der Waals surface area contributed by atoms with Gasteiger partial charge in [-0.25, -0.2) is 4.99 Å². The van der Waals surface area contributed by atoms with Crippen LogP contribution in [-0.2, 0) is 9.59 Å². The molecule has 2 saturated heterocycles. The second-order valence-corrected chi connectivity index (χ2v) is 8.76. The summed E-state index contributed by atoms with van der Waals surface area (Å²) in [6.45, 7) is 4.08. The Morgan fingerprint density at radius 3 is 2.62 bits per heavy atom. The molecule has 2 aromatic rings. The molecule has 2 aliphatic rings. The first-order valence-electron chi connectivity index (χ1n) is 11.8. The first-order valence-corrected chi connectivity index (χ1v) is 11.8. The number of hydrogen-bond acceptors (Lipinski definition) is 5. The van der Waals surface area contributed by atoms with Crippen LogP contribution in [0.4, 0.5) is 5.69 Å². The summed E-state index contributed by atoms with van der Waals surface area (Å²) in [6, 6.07) is 10.1. The first-order chi connectivity index (χ1) is 16.5. The van der Waals surface area contributed by atoms with E-state index in [0.717, 1.165) is 50.0 Å². The van der Waals surface area contributed by atoms with Gasteiger partial charge in [-0.2, -0.15) is 0 Å². The summed E-state index contributed by atoms with van der Waals surface area (Å²) >= 11 is 0. The highest BCUT2D eigenvalue weighted by Gasteiger charge is 2.30. The highest BCUT2D eigenvalue weighted by molar-refractivity contribution is 6.09. The molecule has 9 nitrogen and oxygen atoms in total. The Balaban J connectivity index is 1.53. The Bertz CT molecular complexity index is 1040. The van der Waals surface area contributed by atoms with Crippen LogP contribution in [-0.4, -0.2) is 65.7 Å². The maximum absolute atomic E-state index is 13.3. The van der Waals surface area contributed by atoms with Crippen molar-refractivity contribution in [2.24, 2.45) is 4.99 Å². The summed E-state index contributed by atoms with van der Waals surface area (Å²) in [5, 5.41) is 5.87. The Hall–Kier alpha value is -3.62. The molecule has 0 unspecified atom stereocenters. The van der Waals surface area contributed by atoms with E-state index >= 15 is 0 Å². The molecule has 4 rings (SSSR count). The van der Waals surface area contributed by atoms with E-state index in [1.807, 2.05) is 36.1 Å². The largest absolute Gasteiger partial charge is 0.459 e. The molecule has 0 aliphatic carbocycles. The smallest absolute Gasteiger partial charge is 0.293 e. The lowest BCUT2D eigenvalue weighted by Gasteiger charge is -2.25. The second kappa shape index (κ2) is 11.0. The monoisotopic (exact) mass is 465 g/mol. The molecular weight excluding hydrogens is 434 g/mol. The number of amides is 3. The zero-order valence-corrected chi connectivity index (χ0v) is 19.5. The molecule has 1 aromatic heterocycles. The van der Waals surface area contributed by atoms with Crippen molar-refractivity contribution in [3.63, 3.8) is 0 Å². The van der Waals surface area contributed by atoms with Crippen molar-refractivity contribution >= 4 is 29.4 Å². The molecule has 1 aromatic carbocycles. The maximum atomic E-state index is 13.3. The van der Waals surface area contributed by atoms with Crippen molar-refractivity contribution < 1.29 is 18.8 Å². The molecule has 0 spiro atoms. The van der Waals surface area contributed by atoms with E-state index in [1.165, 1.54) is 6.26 Å². The van der Waals surface area contributed by atoms with E-state index in [0.29, 0.717) is 13.0 Å². The molecule has 2 fully saturated rings. The van der Waals surface area contributed by atoms with E-state index in [9.17, 15) is 14.4 Å². The minimum absolute atomic E-state index is 0.0142. The SMILES string of the molecule is Cc1cccc(NC(=N[C@H]2CCCCN(CC(=O)N3CCCC3)C2=O)NC(=O)c2ccco2)c1. The van der Waals surface area contributed by atoms with Gasteiger partial charge in [0, 0.05) is 25.3 Å². The van der Waals surface area contributed by atoms with Gasteiger partial charge in [0.1, 0.15) is 6.04 Å². The Morgan fingerprint density at radius 2 is 1.88 bits per heavy atom. The molecule has 2 N–H and O–H groups in total. The number of aryl methyl sites for hydroxylation is 1. The number of nitrogens with zero attached hydrogens (tertiary/aromatic N) is 3. The van der Waals surface area contributed by atoms with Gasteiger partial charge >= 0.3 is 0 Å². The van der Waals surface area contributed by atoms with Crippen molar-refractivity contribution in [1.29, 1.82) is 0 Å². The Labute approximate surface area is 199 Å². The number of anilines is 1. The number of aliphatic imine (C=N–C) groups is 1. The third-order valence-electron chi connectivity index (χ3n) is 6.08. The predicted molar refractivity (Wildman–Crippen MR) is 128 cm³/mol. The molecule has 0 radical (unpaired) electrons. The predicted octanol–water partition coefficient (Wildman–Crippen LogP) is 2.79. The lowest BCUT2D eigenvalue weighted by atomic mass is 10.1. The normalized spacial score (nSPS) is 19.1. The van der Waals surface area contributed by atoms with Crippen LogP contribution in [0.25, 0.3) is 0 Å². The van der Waals surface area contributed by atoms with Gasteiger partial charge in [0.05, 0.1) is 12.8 Å². The summed E-state index contributed by atoms with van der Waals surface area (Å²) in [6.07, 6.45) is 5.60. The first kappa shape index (κ1) is 23.5. The Morgan fingerprint density at radius 1 is 1.09 bits per heavy atom. The number of carbonyl (C=O) groups excluding carboxylic acids is 3. The van der Waals surface area contributed by atoms with Gasteiger partial charge in [-0.05, 0) is 68.9 Å². The van der Waals surface area contributed by atoms with Crippen molar-refractivity contribution in [3.05, 3.63) is 54.0 Å².